The monoisotopic (exact) mass is 345 g/mol. The average molecular weight is 346 g/mol. The van der Waals surface area contributed by atoms with Crippen molar-refractivity contribution in [3.05, 3.63) is 23.2 Å². The van der Waals surface area contributed by atoms with Crippen LogP contribution in [0.5, 0.6) is 5.75 Å². The van der Waals surface area contributed by atoms with E-state index in [0.717, 1.165) is 12.8 Å². The van der Waals surface area contributed by atoms with Crippen LogP contribution in [0.3, 0.4) is 0 Å². The Kier molecular flexibility index (Phi) is 5.75. The third-order valence-corrected chi connectivity index (χ3v) is 5.98. The lowest BCUT2D eigenvalue weighted by Crippen LogP contribution is -2.42. The summed E-state index contributed by atoms with van der Waals surface area (Å²) in [5.41, 5.74) is 0. The van der Waals surface area contributed by atoms with E-state index in [0.29, 0.717) is 42.3 Å². The maximum atomic E-state index is 12.8. The quantitative estimate of drug-likeness (QED) is 0.815. The number of hydrogen-bond donors (Lipinski definition) is 0. The van der Waals surface area contributed by atoms with E-state index < -0.39 is 10.0 Å². The molecule has 0 radical (unpaired) electrons. The fourth-order valence-corrected chi connectivity index (χ4v) is 4.79. The Bertz CT molecular complexity index is 608. The summed E-state index contributed by atoms with van der Waals surface area (Å²) in [6, 6.07) is 4.69. The first-order valence-corrected chi connectivity index (χ1v) is 9.59. The molecule has 0 aliphatic carbocycles. The van der Waals surface area contributed by atoms with Crippen molar-refractivity contribution in [1.82, 2.24) is 4.31 Å². The van der Waals surface area contributed by atoms with Gasteiger partial charge < -0.3 is 4.74 Å². The number of piperidine rings is 1. The minimum Gasteiger partial charge on any atom is -0.492 e. The van der Waals surface area contributed by atoms with Crippen molar-refractivity contribution in [3.8, 4) is 5.75 Å². The highest BCUT2D eigenvalue weighted by Gasteiger charge is 2.32. The number of benzene rings is 1. The van der Waals surface area contributed by atoms with Crippen LogP contribution in [0, 0.1) is 11.8 Å². The highest BCUT2D eigenvalue weighted by Crippen LogP contribution is 2.31. The summed E-state index contributed by atoms with van der Waals surface area (Å²) in [6.07, 6.45) is 1.91. The normalized spacial score (nSPS) is 23.5. The van der Waals surface area contributed by atoms with E-state index in [2.05, 4.69) is 13.8 Å². The molecule has 1 saturated heterocycles. The van der Waals surface area contributed by atoms with Crippen molar-refractivity contribution >= 4 is 21.6 Å². The van der Waals surface area contributed by atoms with Gasteiger partial charge in [-0.05, 0) is 36.8 Å². The van der Waals surface area contributed by atoms with E-state index >= 15 is 0 Å². The molecule has 0 spiro atoms. The molecule has 1 aromatic rings. The van der Waals surface area contributed by atoms with E-state index in [9.17, 15) is 8.42 Å². The second kappa shape index (κ2) is 7.20. The van der Waals surface area contributed by atoms with Gasteiger partial charge in [0.15, 0.2) is 0 Å². The van der Waals surface area contributed by atoms with Gasteiger partial charge in [-0.2, -0.15) is 4.31 Å². The van der Waals surface area contributed by atoms with Crippen LogP contribution >= 0.6 is 11.6 Å². The van der Waals surface area contributed by atoms with Gasteiger partial charge in [0.1, 0.15) is 5.75 Å². The lowest BCUT2D eigenvalue weighted by molar-refractivity contribution is 0.222. The zero-order valence-electron chi connectivity index (χ0n) is 13.4. The summed E-state index contributed by atoms with van der Waals surface area (Å²) in [5.74, 6) is 1.19. The Labute approximate surface area is 138 Å². The molecule has 1 aliphatic heterocycles. The molecule has 1 aliphatic rings. The number of nitrogens with zero attached hydrogens (tertiary/aromatic N) is 1. The van der Waals surface area contributed by atoms with Crippen molar-refractivity contribution in [2.45, 2.75) is 38.5 Å². The molecule has 0 amide bonds. The van der Waals surface area contributed by atoms with Crippen LogP contribution in [0.4, 0.5) is 0 Å². The molecule has 0 aromatic heterocycles. The van der Waals surface area contributed by atoms with Gasteiger partial charge in [-0.15, -0.1) is 0 Å². The molecule has 124 valence electrons. The third kappa shape index (κ3) is 3.94. The Hall–Kier alpha value is -0.780. The van der Waals surface area contributed by atoms with Crippen molar-refractivity contribution < 1.29 is 13.2 Å². The van der Waals surface area contributed by atoms with Gasteiger partial charge in [-0.3, -0.25) is 0 Å². The van der Waals surface area contributed by atoms with Crippen molar-refractivity contribution in [1.29, 1.82) is 0 Å². The molecule has 1 fully saturated rings. The Morgan fingerprint density at radius 1 is 1.27 bits per heavy atom. The molecule has 0 bridgehead atoms. The largest absolute Gasteiger partial charge is 0.492 e. The summed E-state index contributed by atoms with van der Waals surface area (Å²) in [7, 11) is -3.50. The third-order valence-electron chi connectivity index (χ3n) is 3.84. The van der Waals surface area contributed by atoms with E-state index in [1.165, 1.54) is 6.07 Å². The number of halogens is 1. The number of rotatable bonds is 5. The molecule has 2 atom stereocenters. The molecule has 1 heterocycles. The number of hydrogen-bond acceptors (Lipinski definition) is 3. The molecule has 6 heteroatoms. The zero-order valence-corrected chi connectivity index (χ0v) is 15.0. The molecular formula is C16H24ClNO3S. The van der Waals surface area contributed by atoms with Gasteiger partial charge >= 0.3 is 0 Å². The molecule has 4 nitrogen and oxygen atoms in total. The van der Waals surface area contributed by atoms with Crippen LogP contribution in [0.1, 0.15) is 33.6 Å². The lowest BCUT2D eigenvalue weighted by Gasteiger charge is -2.34. The zero-order chi connectivity index (χ0) is 16.3. The van der Waals surface area contributed by atoms with E-state index in [1.54, 1.807) is 16.4 Å². The summed E-state index contributed by atoms with van der Waals surface area (Å²) in [6.45, 7) is 7.83. The van der Waals surface area contributed by atoms with Crippen LogP contribution < -0.4 is 4.74 Å². The van der Waals surface area contributed by atoms with Gasteiger partial charge in [-0.1, -0.05) is 32.4 Å². The van der Waals surface area contributed by atoms with Crippen LogP contribution in [-0.4, -0.2) is 32.4 Å². The van der Waals surface area contributed by atoms with Gasteiger partial charge in [0, 0.05) is 19.2 Å². The fraction of sp³-hybridized carbons (Fsp3) is 0.625. The molecule has 2 rings (SSSR count). The molecule has 0 unspecified atom stereocenters. The van der Waals surface area contributed by atoms with E-state index in [-0.39, 0.29) is 4.90 Å². The van der Waals surface area contributed by atoms with Gasteiger partial charge in [-0.25, -0.2) is 8.42 Å². The first-order chi connectivity index (χ1) is 10.3. The first kappa shape index (κ1) is 17.6. The minimum absolute atomic E-state index is 0.254. The summed E-state index contributed by atoms with van der Waals surface area (Å²) in [5, 5.41) is 0.438. The SMILES string of the molecule is CCCOc1cc(S(=O)(=O)N2C[C@H](C)C[C@@H](C)C2)ccc1Cl. The number of ether oxygens (including phenoxy) is 1. The minimum atomic E-state index is -3.50. The van der Waals surface area contributed by atoms with Gasteiger partial charge in [0.05, 0.1) is 16.5 Å². The second-order valence-electron chi connectivity index (χ2n) is 6.21. The maximum absolute atomic E-state index is 12.8. The average Bonchev–Trinajstić information content (AvgIpc) is 2.45. The van der Waals surface area contributed by atoms with Crippen LogP contribution in [0.15, 0.2) is 23.1 Å². The summed E-state index contributed by atoms with van der Waals surface area (Å²) < 4.78 is 32.8. The molecule has 1 aromatic carbocycles. The predicted octanol–water partition coefficient (Wildman–Crippen LogP) is 3.80. The van der Waals surface area contributed by atoms with E-state index in [4.69, 9.17) is 16.3 Å². The molecule has 22 heavy (non-hydrogen) atoms. The fourth-order valence-electron chi connectivity index (χ4n) is 2.92. The van der Waals surface area contributed by atoms with Crippen LogP contribution in [0.2, 0.25) is 5.02 Å². The van der Waals surface area contributed by atoms with Crippen LogP contribution in [0.25, 0.3) is 0 Å². The Morgan fingerprint density at radius 3 is 2.50 bits per heavy atom. The smallest absolute Gasteiger partial charge is 0.243 e. The lowest BCUT2D eigenvalue weighted by atomic mass is 9.94. The predicted molar refractivity (Wildman–Crippen MR) is 88.9 cm³/mol. The van der Waals surface area contributed by atoms with E-state index in [1.807, 2.05) is 6.92 Å². The van der Waals surface area contributed by atoms with Crippen LogP contribution in [-0.2, 0) is 10.0 Å². The van der Waals surface area contributed by atoms with Gasteiger partial charge in [0.2, 0.25) is 10.0 Å². The highest BCUT2D eigenvalue weighted by molar-refractivity contribution is 7.89. The first-order valence-electron chi connectivity index (χ1n) is 7.77. The highest BCUT2D eigenvalue weighted by atomic mass is 35.5. The van der Waals surface area contributed by atoms with Gasteiger partial charge in [0.25, 0.3) is 0 Å². The number of sulfonamides is 1. The molecule has 0 N–H and O–H groups in total. The summed E-state index contributed by atoms with van der Waals surface area (Å²) in [4.78, 5) is 0.254. The standard InChI is InChI=1S/C16H24ClNO3S/c1-4-7-21-16-9-14(5-6-15(16)17)22(19,20)18-10-12(2)8-13(3)11-18/h5-6,9,12-13H,4,7-8,10-11H2,1-3H3/t12-,13-/m1/s1. The Morgan fingerprint density at radius 2 is 1.91 bits per heavy atom. The topological polar surface area (TPSA) is 46.6 Å². The Balaban J connectivity index is 2.29. The van der Waals surface area contributed by atoms with Crippen molar-refractivity contribution in [3.63, 3.8) is 0 Å². The molecular weight excluding hydrogens is 322 g/mol. The van der Waals surface area contributed by atoms with Crippen molar-refractivity contribution in [2.24, 2.45) is 11.8 Å². The molecule has 0 saturated carbocycles. The summed E-state index contributed by atoms with van der Waals surface area (Å²) >= 11 is 6.08. The second-order valence-corrected chi connectivity index (χ2v) is 8.55. The van der Waals surface area contributed by atoms with Crippen molar-refractivity contribution in [2.75, 3.05) is 19.7 Å². The maximum Gasteiger partial charge on any atom is 0.243 e.